The molecule has 0 aromatic heterocycles. The number of hydrogen-bond acceptors (Lipinski definition) is 4. The predicted octanol–water partition coefficient (Wildman–Crippen LogP) is 3.62. The Balaban J connectivity index is 1.88. The van der Waals surface area contributed by atoms with E-state index >= 15 is 0 Å². The molecule has 0 saturated carbocycles. The maximum atomic E-state index is 13.4. The third kappa shape index (κ3) is 2.86. The molecule has 3 N–H and O–H groups in total. The number of nitrogens with one attached hydrogen (secondary N) is 1. The molecule has 0 spiro atoms. The molecule has 0 aliphatic carbocycles. The fraction of sp³-hybridized carbons (Fsp3) is 0.250. The number of nitrogen functional groups attached to an aromatic ring is 1. The van der Waals surface area contributed by atoms with Crippen molar-refractivity contribution in [2.45, 2.75) is 13.3 Å². The van der Waals surface area contributed by atoms with Crippen LogP contribution in [0.25, 0.3) is 0 Å². The first kappa shape index (κ1) is 13.5. The van der Waals surface area contributed by atoms with Crippen LogP contribution in [0, 0.1) is 12.7 Å². The molecular formula is C16H17FN2O2. The van der Waals surface area contributed by atoms with Crippen LogP contribution in [0.15, 0.2) is 30.3 Å². The van der Waals surface area contributed by atoms with E-state index in [-0.39, 0.29) is 5.82 Å². The third-order valence-corrected chi connectivity index (χ3v) is 3.36. The van der Waals surface area contributed by atoms with Gasteiger partial charge in [-0.25, -0.2) is 4.39 Å². The van der Waals surface area contributed by atoms with E-state index < -0.39 is 0 Å². The molecule has 3 rings (SSSR count). The second-order valence-corrected chi connectivity index (χ2v) is 5.03. The van der Waals surface area contributed by atoms with Gasteiger partial charge in [-0.15, -0.1) is 0 Å². The van der Waals surface area contributed by atoms with Crippen LogP contribution in [0.1, 0.15) is 12.0 Å². The van der Waals surface area contributed by atoms with Gasteiger partial charge in [-0.2, -0.15) is 0 Å². The number of anilines is 3. The Morgan fingerprint density at radius 3 is 2.67 bits per heavy atom. The van der Waals surface area contributed by atoms with Gasteiger partial charge in [0.25, 0.3) is 0 Å². The summed E-state index contributed by atoms with van der Waals surface area (Å²) in [6, 6.07) is 8.61. The maximum absolute atomic E-state index is 13.4. The van der Waals surface area contributed by atoms with Gasteiger partial charge in [0.05, 0.1) is 24.6 Å². The van der Waals surface area contributed by atoms with Gasteiger partial charge in [0.15, 0.2) is 11.5 Å². The zero-order valence-electron chi connectivity index (χ0n) is 11.8. The smallest absolute Gasteiger partial charge is 0.163 e. The molecule has 110 valence electrons. The number of halogens is 1. The zero-order valence-corrected chi connectivity index (χ0v) is 11.8. The molecule has 1 heterocycles. The van der Waals surface area contributed by atoms with Crippen molar-refractivity contribution in [3.63, 3.8) is 0 Å². The van der Waals surface area contributed by atoms with Crippen molar-refractivity contribution < 1.29 is 13.9 Å². The average molecular weight is 288 g/mol. The second kappa shape index (κ2) is 5.52. The number of rotatable bonds is 2. The van der Waals surface area contributed by atoms with E-state index in [0.717, 1.165) is 17.9 Å². The zero-order chi connectivity index (χ0) is 14.8. The molecule has 5 heteroatoms. The Morgan fingerprint density at radius 1 is 1.10 bits per heavy atom. The van der Waals surface area contributed by atoms with Crippen LogP contribution in [0.2, 0.25) is 0 Å². The highest BCUT2D eigenvalue weighted by Gasteiger charge is 2.11. The van der Waals surface area contributed by atoms with E-state index in [1.807, 2.05) is 18.2 Å². The quantitative estimate of drug-likeness (QED) is 0.829. The van der Waals surface area contributed by atoms with Crippen LogP contribution < -0.4 is 20.5 Å². The first-order chi connectivity index (χ1) is 10.1. The lowest BCUT2D eigenvalue weighted by Gasteiger charge is -2.13. The third-order valence-electron chi connectivity index (χ3n) is 3.36. The number of nitrogens with two attached hydrogens (primary N) is 1. The first-order valence-corrected chi connectivity index (χ1v) is 6.86. The summed E-state index contributed by atoms with van der Waals surface area (Å²) in [7, 11) is 0. The Kier molecular flexibility index (Phi) is 3.56. The van der Waals surface area contributed by atoms with Crippen molar-refractivity contribution >= 4 is 17.1 Å². The fourth-order valence-electron chi connectivity index (χ4n) is 2.20. The van der Waals surface area contributed by atoms with Gasteiger partial charge in [0.1, 0.15) is 5.82 Å². The van der Waals surface area contributed by atoms with Gasteiger partial charge in [-0.3, -0.25) is 0 Å². The van der Waals surface area contributed by atoms with E-state index in [2.05, 4.69) is 5.32 Å². The highest BCUT2D eigenvalue weighted by molar-refractivity contribution is 5.74. The second-order valence-electron chi connectivity index (χ2n) is 5.03. The standard InChI is InChI=1S/C16H17FN2O2/c1-10-7-14(13(18)9-12(10)17)19-11-3-4-15-16(8-11)21-6-2-5-20-15/h3-4,7-9,19H,2,5-6,18H2,1H3. The fourth-order valence-corrected chi connectivity index (χ4v) is 2.20. The Hall–Kier alpha value is -2.43. The molecule has 21 heavy (non-hydrogen) atoms. The van der Waals surface area contributed by atoms with Crippen LogP contribution in [0.5, 0.6) is 11.5 Å². The maximum Gasteiger partial charge on any atom is 0.163 e. The van der Waals surface area contributed by atoms with Crippen LogP contribution in [0.3, 0.4) is 0 Å². The van der Waals surface area contributed by atoms with Crippen molar-refractivity contribution in [2.75, 3.05) is 24.3 Å². The Morgan fingerprint density at radius 2 is 1.86 bits per heavy atom. The van der Waals surface area contributed by atoms with Crippen LogP contribution >= 0.6 is 0 Å². The number of benzene rings is 2. The van der Waals surface area contributed by atoms with Crippen molar-refractivity contribution in [1.29, 1.82) is 0 Å². The number of ether oxygens (including phenoxy) is 2. The van der Waals surface area contributed by atoms with Crippen molar-refractivity contribution in [1.82, 2.24) is 0 Å². The lowest BCUT2D eigenvalue weighted by molar-refractivity contribution is 0.297. The van der Waals surface area contributed by atoms with Gasteiger partial charge in [-0.1, -0.05) is 0 Å². The van der Waals surface area contributed by atoms with Crippen molar-refractivity contribution in [3.05, 3.63) is 41.7 Å². The summed E-state index contributed by atoms with van der Waals surface area (Å²) in [5.74, 6) is 1.13. The minimum absolute atomic E-state index is 0.309. The minimum atomic E-state index is -0.309. The molecule has 0 fully saturated rings. The number of fused-ring (bicyclic) bond motifs is 1. The average Bonchev–Trinajstić information content (AvgIpc) is 2.69. The van der Waals surface area contributed by atoms with Gasteiger partial charge in [0.2, 0.25) is 0 Å². The molecule has 0 bridgehead atoms. The van der Waals surface area contributed by atoms with E-state index in [4.69, 9.17) is 15.2 Å². The van der Waals surface area contributed by atoms with Gasteiger partial charge < -0.3 is 20.5 Å². The van der Waals surface area contributed by atoms with E-state index in [0.29, 0.717) is 35.9 Å². The highest BCUT2D eigenvalue weighted by Crippen LogP contribution is 2.34. The first-order valence-electron chi connectivity index (χ1n) is 6.86. The molecule has 2 aromatic rings. The Labute approximate surface area is 122 Å². The van der Waals surface area contributed by atoms with E-state index in [1.54, 1.807) is 13.0 Å². The molecular weight excluding hydrogens is 271 g/mol. The van der Waals surface area contributed by atoms with Gasteiger partial charge in [-0.05, 0) is 36.8 Å². The normalized spacial score (nSPS) is 13.6. The molecule has 0 radical (unpaired) electrons. The highest BCUT2D eigenvalue weighted by atomic mass is 19.1. The molecule has 0 saturated heterocycles. The summed E-state index contributed by atoms with van der Waals surface area (Å²) in [6.45, 7) is 2.99. The minimum Gasteiger partial charge on any atom is -0.490 e. The summed E-state index contributed by atoms with van der Waals surface area (Å²) in [4.78, 5) is 0. The van der Waals surface area contributed by atoms with E-state index in [1.165, 1.54) is 6.07 Å². The van der Waals surface area contributed by atoms with Crippen molar-refractivity contribution in [3.8, 4) is 11.5 Å². The molecule has 2 aromatic carbocycles. The van der Waals surface area contributed by atoms with Crippen LogP contribution in [0.4, 0.5) is 21.5 Å². The van der Waals surface area contributed by atoms with Crippen LogP contribution in [-0.2, 0) is 0 Å². The lowest BCUT2D eigenvalue weighted by Crippen LogP contribution is -1.99. The summed E-state index contributed by atoms with van der Waals surface area (Å²) in [6.07, 6.45) is 0.863. The summed E-state index contributed by atoms with van der Waals surface area (Å²) in [5.41, 5.74) is 8.24. The molecule has 0 amide bonds. The van der Waals surface area contributed by atoms with Crippen LogP contribution in [-0.4, -0.2) is 13.2 Å². The summed E-state index contributed by atoms with van der Waals surface area (Å²) < 4.78 is 24.7. The lowest BCUT2D eigenvalue weighted by atomic mass is 10.1. The summed E-state index contributed by atoms with van der Waals surface area (Å²) in [5, 5.41) is 3.18. The monoisotopic (exact) mass is 288 g/mol. The van der Waals surface area contributed by atoms with Crippen molar-refractivity contribution in [2.24, 2.45) is 0 Å². The topological polar surface area (TPSA) is 56.5 Å². The molecule has 0 atom stereocenters. The van der Waals surface area contributed by atoms with E-state index in [9.17, 15) is 4.39 Å². The molecule has 0 unspecified atom stereocenters. The molecule has 4 nitrogen and oxygen atoms in total. The summed E-state index contributed by atoms with van der Waals surface area (Å²) >= 11 is 0. The number of aryl methyl sites for hydroxylation is 1. The molecule has 1 aliphatic heterocycles. The Bertz CT molecular complexity index is 674. The number of hydrogen-bond donors (Lipinski definition) is 2. The molecule has 1 aliphatic rings. The largest absolute Gasteiger partial charge is 0.490 e. The SMILES string of the molecule is Cc1cc(Nc2ccc3c(c2)OCCCO3)c(N)cc1F. The van der Waals surface area contributed by atoms with Gasteiger partial charge >= 0.3 is 0 Å². The van der Waals surface area contributed by atoms with Gasteiger partial charge in [0, 0.05) is 18.2 Å². The predicted molar refractivity (Wildman–Crippen MR) is 80.9 cm³/mol.